The van der Waals surface area contributed by atoms with Crippen molar-refractivity contribution in [1.82, 2.24) is 14.9 Å². The van der Waals surface area contributed by atoms with Crippen LogP contribution >= 0.6 is 11.6 Å². The first-order chi connectivity index (χ1) is 8.25. The average molecular weight is 252 g/mol. The van der Waals surface area contributed by atoms with Crippen molar-refractivity contribution in [3.8, 4) is 0 Å². The summed E-state index contributed by atoms with van der Waals surface area (Å²) in [7, 11) is 2.01. The predicted molar refractivity (Wildman–Crippen MR) is 67.3 cm³/mol. The maximum absolute atomic E-state index is 5.97. The Morgan fingerprint density at radius 3 is 3.18 bits per heavy atom. The van der Waals surface area contributed by atoms with Gasteiger partial charge in [0.1, 0.15) is 11.9 Å². The number of rotatable bonds is 1. The molecular weight excluding hydrogens is 238 g/mol. The van der Waals surface area contributed by atoms with Gasteiger partial charge in [0.15, 0.2) is 0 Å². The Morgan fingerprint density at radius 2 is 2.41 bits per heavy atom. The standard InChI is InChI=1S/C12H14ClN3O/c1-16-10-3-2-8(13)6-9(10)15-12(16)11-7-14-4-5-17-11/h2-3,6,11,14H,4-5,7H2,1H3. The molecule has 1 saturated heterocycles. The smallest absolute Gasteiger partial charge is 0.140 e. The van der Waals surface area contributed by atoms with E-state index in [1.165, 1.54) is 0 Å². The molecule has 0 spiro atoms. The lowest BCUT2D eigenvalue weighted by Crippen LogP contribution is -2.34. The number of nitrogens with zero attached hydrogens (tertiary/aromatic N) is 2. The zero-order valence-electron chi connectivity index (χ0n) is 9.61. The van der Waals surface area contributed by atoms with Crippen LogP contribution in [0.3, 0.4) is 0 Å². The Balaban J connectivity index is 2.07. The molecule has 0 amide bonds. The molecule has 2 aromatic rings. The number of benzene rings is 1. The van der Waals surface area contributed by atoms with Gasteiger partial charge in [-0.15, -0.1) is 0 Å². The van der Waals surface area contributed by atoms with Gasteiger partial charge in [0.2, 0.25) is 0 Å². The summed E-state index contributed by atoms with van der Waals surface area (Å²) in [6.07, 6.45) is 0.0277. The van der Waals surface area contributed by atoms with E-state index >= 15 is 0 Å². The third-order valence-corrected chi connectivity index (χ3v) is 3.33. The van der Waals surface area contributed by atoms with Crippen molar-refractivity contribution in [2.45, 2.75) is 6.10 Å². The van der Waals surface area contributed by atoms with Gasteiger partial charge < -0.3 is 14.6 Å². The van der Waals surface area contributed by atoms with Crippen LogP contribution in [-0.4, -0.2) is 29.2 Å². The molecule has 1 aromatic heterocycles. The lowest BCUT2D eigenvalue weighted by molar-refractivity contribution is 0.0208. The molecule has 1 N–H and O–H groups in total. The Hall–Kier alpha value is -1.10. The summed E-state index contributed by atoms with van der Waals surface area (Å²) in [5.74, 6) is 0.953. The number of ether oxygens (including phenoxy) is 1. The number of halogens is 1. The van der Waals surface area contributed by atoms with E-state index in [0.29, 0.717) is 5.02 Å². The van der Waals surface area contributed by atoms with Gasteiger partial charge in [-0.1, -0.05) is 11.6 Å². The van der Waals surface area contributed by atoms with Crippen molar-refractivity contribution < 1.29 is 4.74 Å². The second-order valence-corrected chi connectivity index (χ2v) is 4.66. The number of hydrogen-bond donors (Lipinski definition) is 1. The molecule has 2 heterocycles. The Bertz CT molecular complexity index is 546. The highest BCUT2D eigenvalue weighted by atomic mass is 35.5. The summed E-state index contributed by atoms with van der Waals surface area (Å²) in [4.78, 5) is 4.61. The molecule has 0 bridgehead atoms. The number of imidazole rings is 1. The first-order valence-electron chi connectivity index (χ1n) is 5.70. The molecule has 1 atom stereocenters. The topological polar surface area (TPSA) is 39.1 Å². The normalized spacial score (nSPS) is 20.9. The molecule has 1 unspecified atom stereocenters. The lowest BCUT2D eigenvalue weighted by atomic mass is 10.3. The maximum Gasteiger partial charge on any atom is 0.140 e. The Kier molecular flexibility index (Phi) is 2.78. The third kappa shape index (κ3) is 1.92. The molecule has 1 aromatic carbocycles. The van der Waals surface area contributed by atoms with Crippen LogP contribution in [0, 0.1) is 0 Å². The molecule has 0 saturated carbocycles. The van der Waals surface area contributed by atoms with Crippen molar-refractivity contribution in [3.63, 3.8) is 0 Å². The van der Waals surface area contributed by atoms with Crippen molar-refractivity contribution in [3.05, 3.63) is 29.0 Å². The van der Waals surface area contributed by atoms with E-state index in [-0.39, 0.29) is 6.10 Å². The van der Waals surface area contributed by atoms with E-state index in [4.69, 9.17) is 16.3 Å². The predicted octanol–water partition coefficient (Wildman–Crippen LogP) is 1.89. The molecule has 1 aliphatic rings. The first kappa shape index (κ1) is 11.0. The van der Waals surface area contributed by atoms with Crippen LogP contribution in [0.4, 0.5) is 0 Å². The second-order valence-electron chi connectivity index (χ2n) is 4.23. The summed E-state index contributed by atoms with van der Waals surface area (Å²) in [5, 5.41) is 4.02. The van der Waals surface area contributed by atoms with Crippen LogP contribution < -0.4 is 5.32 Å². The fraction of sp³-hybridized carbons (Fsp3) is 0.417. The van der Waals surface area contributed by atoms with E-state index in [9.17, 15) is 0 Å². The van der Waals surface area contributed by atoms with E-state index < -0.39 is 0 Å². The zero-order chi connectivity index (χ0) is 11.8. The molecule has 4 nitrogen and oxygen atoms in total. The molecule has 17 heavy (non-hydrogen) atoms. The minimum Gasteiger partial charge on any atom is -0.368 e. The van der Waals surface area contributed by atoms with E-state index in [0.717, 1.165) is 36.6 Å². The van der Waals surface area contributed by atoms with Gasteiger partial charge in [-0.05, 0) is 18.2 Å². The third-order valence-electron chi connectivity index (χ3n) is 3.09. The maximum atomic E-state index is 5.97. The fourth-order valence-corrected chi connectivity index (χ4v) is 2.38. The first-order valence-corrected chi connectivity index (χ1v) is 6.08. The molecule has 1 fully saturated rings. The van der Waals surface area contributed by atoms with Gasteiger partial charge in [-0.25, -0.2) is 4.98 Å². The number of hydrogen-bond acceptors (Lipinski definition) is 3. The highest BCUT2D eigenvalue weighted by Crippen LogP contribution is 2.24. The van der Waals surface area contributed by atoms with E-state index in [1.807, 2.05) is 25.2 Å². The Morgan fingerprint density at radius 1 is 1.53 bits per heavy atom. The monoisotopic (exact) mass is 251 g/mol. The minimum absolute atomic E-state index is 0.0277. The number of aromatic nitrogens is 2. The summed E-state index contributed by atoms with van der Waals surface area (Å²) in [6.45, 7) is 2.45. The molecule has 0 aliphatic carbocycles. The quantitative estimate of drug-likeness (QED) is 0.841. The number of fused-ring (bicyclic) bond motifs is 1. The zero-order valence-corrected chi connectivity index (χ0v) is 10.4. The molecule has 0 radical (unpaired) electrons. The van der Waals surface area contributed by atoms with Crippen LogP contribution in [-0.2, 0) is 11.8 Å². The van der Waals surface area contributed by atoms with Gasteiger partial charge in [0.05, 0.1) is 17.6 Å². The second kappa shape index (κ2) is 4.29. The van der Waals surface area contributed by atoms with Crippen LogP contribution in [0.2, 0.25) is 5.02 Å². The SMILES string of the molecule is Cn1c(C2CNCCO2)nc2cc(Cl)ccc21. The summed E-state index contributed by atoms with van der Waals surface area (Å²) in [6, 6.07) is 5.76. The minimum atomic E-state index is 0.0277. The van der Waals surface area contributed by atoms with Crippen LogP contribution in [0.5, 0.6) is 0 Å². The fourth-order valence-electron chi connectivity index (χ4n) is 2.21. The Labute approximate surface area is 105 Å². The number of nitrogens with one attached hydrogen (secondary N) is 1. The van der Waals surface area contributed by atoms with Gasteiger partial charge in [-0.3, -0.25) is 0 Å². The molecule has 3 rings (SSSR count). The van der Waals surface area contributed by atoms with Crippen molar-refractivity contribution >= 4 is 22.6 Å². The molecular formula is C12H14ClN3O. The number of aryl methyl sites for hydroxylation is 1. The van der Waals surface area contributed by atoms with Gasteiger partial charge in [-0.2, -0.15) is 0 Å². The molecule has 90 valence electrons. The van der Waals surface area contributed by atoms with Crippen molar-refractivity contribution in [2.24, 2.45) is 7.05 Å². The van der Waals surface area contributed by atoms with Gasteiger partial charge >= 0.3 is 0 Å². The lowest BCUT2D eigenvalue weighted by Gasteiger charge is -2.23. The van der Waals surface area contributed by atoms with Crippen LogP contribution in [0.15, 0.2) is 18.2 Å². The van der Waals surface area contributed by atoms with Crippen LogP contribution in [0.1, 0.15) is 11.9 Å². The van der Waals surface area contributed by atoms with Gasteiger partial charge in [0.25, 0.3) is 0 Å². The summed E-state index contributed by atoms with van der Waals surface area (Å²) in [5.41, 5.74) is 2.00. The van der Waals surface area contributed by atoms with Crippen molar-refractivity contribution in [2.75, 3.05) is 19.7 Å². The van der Waals surface area contributed by atoms with Crippen molar-refractivity contribution in [1.29, 1.82) is 0 Å². The summed E-state index contributed by atoms with van der Waals surface area (Å²) < 4.78 is 7.80. The average Bonchev–Trinajstić information content (AvgIpc) is 2.67. The van der Waals surface area contributed by atoms with E-state index in [2.05, 4.69) is 14.9 Å². The summed E-state index contributed by atoms with van der Waals surface area (Å²) >= 11 is 5.97. The molecule has 5 heteroatoms. The molecule has 1 aliphatic heterocycles. The largest absolute Gasteiger partial charge is 0.368 e. The highest BCUT2D eigenvalue weighted by Gasteiger charge is 2.21. The van der Waals surface area contributed by atoms with Crippen LogP contribution in [0.25, 0.3) is 11.0 Å². The number of morpholine rings is 1. The van der Waals surface area contributed by atoms with E-state index in [1.54, 1.807) is 0 Å². The highest BCUT2D eigenvalue weighted by molar-refractivity contribution is 6.31. The van der Waals surface area contributed by atoms with Gasteiger partial charge in [0, 0.05) is 25.2 Å².